The Morgan fingerprint density at radius 2 is 1.44 bits per heavy atom. The van der Waals surface area contributed by atoms with E-state index in [0.717, 1.165) is 4.57 Å². The summed E-state index contributed by atoms with van der Waals surface area (Å²) in [5, 5.41) is 16.2. The molecule has 0 aliphatic heterocycles. The minimum Gasteiger partial charge on any atom is -0.493 e. The van der Waals surface area contributed by atoms with Crippen LogP contribution in [0.2, 0.25) is 0 Å². The summed E-state index contributed by atoms with van der Waals surface area (Å²) in [7, 11) is 0.330. The number of ether oxygens (including phenoxy) is 3. The van der Waals surface area contributed by atoms with Gasteiger partial charge in [-0.3, -0.25) is 9.36 Å². The highest BCUT2D eigenvalue weighted by atomic mass is 32.2. The summed E-state index contributed by atoms with van der Waals surface area (Å²) in [6.07, 6.45) is 0. The van der Waals surface area contributed by atoms with Crippen molar-refractivity contribution < 1.29 is 32.5 Å². The Kier molecular flexibility index (Phi) is 6.44. The number of primary sulfonamides is 1. The minimum atomic E-state index is -3.99. The molecule has 0 bridgehead atoms. The van der Waals surface area contributed by atoms with Crippen molar-refractivity contribution in [3.05, 3.63) is 76.7 Å². The van der Waals surface area contributed by atoms with Gasteiger partial charge < -0.3 is 19.3 Å². The van der Waals surface area contributed by atoms with Crippen LogP contribution in [-0.4, -0.2) is 45.4 Å². The van der Waals surface area contributed by atoms with E-state index in [1.54, 1.807) is 36.4 Å². The average Bonchev–Trinajstić information content (AvgIpc) is 2.87. The minimum absolute atomic E-state index is 0.143. The largest absolute Gasteiger partial charge is 0.493 e. The van der Waals surface area contributed by atoms with Gasteiger partial charge in [0.05, 0.1) is 26.2 Å². The van der Waals surface area contributed by atoms with Crippen LogP contribution < -0.4 is 24.9 Å². The van der Waals surface area contributed by atoms with E-state index in [1.165, 1.54) is 45.6 Å². The predicted octanol–water partition coefficient (Wildman–Crippen LogP) is 3.03. The number of hydrogen-bond donors (Lipinski definition) is 2. The van der Waals surface area contributed by atoms with Crippen molar-refractivity contribution in [3.63, 3.8) is 0 Å². The van der Waals surface area contributed by atoms with Crippen LogP contribution in [0.4, 0.5) is 0 Å². The predicted molar refractivity (Wildman–Crippen MR) is 133 cm³/mol. The normalized spacial score (nSPS) is 11.3. The van der Waals surface area contributed by atoms with Crippen LogP contribution in [0.25, 0.3) is 27.6 Å². The molecule has 0 amide bonds. The van der Waals surface area contributed by atoms with Crippen LogP contribution in [0.3, 0.4) is 0 Å². The maximum Gasteiger partial charge on any atom is 0.353 e. The number of hydrogen-bond acceptors (Lipinski definition) is 7. The number of carboxylic acid groups (broad SMARTS) is 1. The lowest BCUT2D eigenvalue weighted by atomic mass is 9.95. The molecule has 0 atom stereocenters. The van der Waals surface area contributed by atoms with Crippen LogP contribution in [0.1, 0.15) is 10.5 Å². The molecule has 0 fully saturated rings. The molecule has 4 rings (SSSR count). The highest BCUT2D eigenvalue weighted by Crippen LogP contribution is 2.43. The molecule has 36 heavy (non-hydrogen) atoms. The second-order valence-electron chi connectivity index (χ2n) is 7.67. The first-order chi connectivity index (χ1) is 17.1. The molecule has 0 saturated carbocycles. The Morgan fingerprint density at radius 3 is 1.92 bits per heavy atom. The fourth-order valence-electron chi connectivity index (χ4n) is 4.10. The first kappa shape index (κ1) is 24.8. The summed E-state index contributed by atoms with van der Waals surface area (Å²) >= 11 is 0. The molecule has 3 aromatic carbocycles. The fourth-order valence-corrected chi connectivity index (χ4v) is 4.62. The number of nitrogens with two attached hydrogens (primary N) is 1. The Balaban J connectivity index is 2.17. The summed E-state index contributed by atoms with van der Waals surface area (Å²) in [4.78, 5) is 26.1. The molecular formula is C25H22N2O8S. The second-order valence-corrected chi connectivity index (χ2v) is 9.23. The van der Waals surface area contributed by atoms with E-state index in [-0.39, 0.29) is 27.2 Å². The number of carbonyl (C=O) groups is 1. The molecule has 0 unspecified atom stereocenters. The molecule has 186 valence electrons. The number of methoxy groups -OCH3 is 3. The summed E-state index contributed by atoms with van der Waals surface area (Å²) in [5.74, 6) is -0.473. The Morgan fingerprint density at radius 1 is 0.889 bits per heavy atom. The number of sulfonamides is 1. The van der Waals surface area contributed by atoms with Crippen LogP contribution >= 0.6 is 0 Å². The van der Waals surface area contributed by atoms with Crippen LogP contribution in [0.5, 0.6) is 17.2 Å². The van der Waals surface area contributed by atoms with Crippen LogP contribution in [-0.2, 0) is 10.0 Å². The van der Waals surface area contributed by atoms with Gasteiger partial charge >= 0.3 is 5.97 Å². The van der Waals surface area contributed by atoms with Gasteiger partial charge in [0.1, 0.15) is 5.69 Å². The molecule has 3 N–H and O–H groups in total. The lowest BCUT2D eigenvalue weighted by molar-refractivity contribution is 0.0688. The zero-order valence-electron chi connectivity index (χ0n) is 19.5. The molecular weight excluding hydrogens is 488 g/mol. The van der Waals surface area contributed by atoms with E-state index in [4.69, 9.17) is 19.3 Å². The topological polar surface area (TPSA) is 147 Å². The van der Waals surface area contributed by atoms with Crippen LogP contribution in [0, 0.1) is 0 Å². The number of aromatic nitrogens is 1. The van der Waals surface area contributed by atoms with Crippen molar-refractivity contribution in [1.29, 1.82) is 0 Å². The van der Waals surface area contributed by atoms with Gasteiger partial charge in [-0.25, -0.2) is 18.4 Å². The van der Waals surface area contributed by atoms with Crippen molar-refractivity contribution >= 4 is 26.8 Å². The molecule has 0 aliphatic rings. The Hall–Kier alpha value is -4.35. The van der Waals surface area contributed by atoms with Crippen molar-refractivity contribution in [2.75, 3.05) is 21.3 Å². The Bertz CT molecular complexity index is 1630. The van der Waals surface area contributed by atoms with E-state index in [0.29, 0.717) is 28.2 Å². The number of rotatable bonds is 7. The van der Waals surface area contributed by atoms with Gasteiger partial charge in [0.2, 0.25) is 15.8 Å². The molecule has 11 heteroatoms. The smallest absolute Gasteiger partial charge is 0.353 e. The summed E-state index contributed by atoms with van der Waals surface area (Å²) in [6.45, 7) is 0. The summed E-state index contributed by atoms with van der Waals surface area (Å²) in [6, 6.07) is 14.8. The highest BCUT2D eigenvalue weighted by Gasteiger charge is 2.26. The van der Waals surface area contributed by atoms with Crippen molar-refractivity contribution in [1.82, 2.24) is 4.57 Å². The quantitative estimate of drug-likeness (QED) is 0.386. The third-order valence-corrected chi connectivity index (χ3v) is 6.60. The first-order valence-corrected chi connectivity index (χ1v) is 12.0. The van der Waals surface area contributed by atoms with Gasteiger partial charge in [-0.05, 0) is 53.4 Å². The fraction of sp³-hybridized carbons (Fsp3) is 0.120. The number of pyridine rings is 1. The molecule has 0 radical (unpaired) electrons. The first-order valence-electron chi connectivity index (χ1n) is 10.5. The second kappa shape index (κ2) is 9.36. The summed E-state index contributed by atoms with van der Waals surface area (Å²) in [5.41, 5.74) is -0.163. The third-order valence-electron chi connectivity index (χ3n) is 5.67. The lowest BCUT2D eigenvalue weighted by Gasteiger charge is -2.20. The van der Waals surface area contributed by atoms with Gasteiger partial charge in [-0.2, -0.15) is 0 Å². The van der Waals surface area contributed by atoms with Crippen molar-refractivity contribution in [3.8, 4) is 34.1 Å². The maximum absolute atomic E-state index is 13.6. The number of carboxylic acids is 1. The van der Waals surface area contributed by atoms with Gasteiger partial charge in [0.15, 0.2) is 11.5 Å². The summed E-state index contributed by atoms with van der Waals surface area (Å²) < 4.78 is 40.7. The third kappa shape index (κ3) is 4.14. The number of benzene rings is 3. The number of fused-ring (bicyclic) bond motifs is 1. The molecule has 1 aromatic heterocycles. The van der Waals surface area contributed by atoms with Gasteiger partial charge in [-0.15, -0.1) is 0 Å². The van der Waals surface area contributed by atoms with E-state index < -0.39 is 21.6 Å². The molecule has 10 nitrogen and oxygen atoms in total. The van der Waals surface area contributed by atoms with E-state index in [1.807, 2.05) is 0 Å². The molecule has 1 heterocycles. The number of aromatic carboxylic acids is 1. The Labute approximate surface area is 206 Å². The maximum atomic E-state index is 13.6. The average molecular weight is 511 g/mol. The monoisotopic (exact) mass is 510 g/mol. The molecule has 0 saturated heterocycles. The standard InChI is InChI=1S/C25H22N2O8S/c1-33-19-12-14(13-20(34-2)23(19)35-3)21-17-6-4-5-7-18(17)24(28)27(22(21)25(29)30)15-8-10-16(11-9-15)36(26,31)32/h4-13H,1-3H3,(H,29,30)(H2,26,31,32). The lowest BCUT2D eigenvalue weighted by Crippen LogP contribution is -2.26. The van der Waals surface area contributed by atoms with E-state index in [9.17, 15) is 23.1 Å². The van der Waals surface area contributed by atoms with Gasteiger partial charge in [0, 0.05) is 16.6 Å². The highest BCUT2D eigenvalue weighted by molar-refractivity contribution is 7.89. The van der Waals surface area contributed by atoms with E-state index in [2.05, 4.69) is 0 Å². The van der Waals surface area contributed by atoms with Gasteiger partial charge in [0.25, 0.3) is 5.56 Å². The van der Waals surface area contributed by atoms with Gasteiger partial charge in [-0.1, -0.05) is 18.2 Å². The molecule has 0 spiro atoms. The van der Waals surface area contributed by atoms with Crippen LogP contribution in [0.15, 0.2) is 70.4 Å². The number of nitrogens with zero attached hydrogens (tertiary/aromatic N) is 1. The van der Waals surface area contributed by atoms with Crippen molar-refractivity contribution in [2.24, 2.45) is 5.14 Å². The zero-order chi connectivity index (χ0) is 26.2. The van der Waals surface area contributed by atoms with E-state index >= 15 is 0 Å². The zero-order valence-corrected chi connectivity index (χ0v) is 20.3. The molecule has 0 aliphatic carbocycles. The SMILES string of the molecule is COc1cc(-c2c(C(=O)O)n(-c3ccc(S(N)(=O)=O)cc3)c(=O)c3ccccc23)cc(OC)c1OC. The van der Waals surface area contributed by atoms with Crippen molar-refractivity contribution in [2.45, 2.75) is 4.90 Å². The molecule has 4 aromatic rings.